The zero-order chi connectivity index (χ0) is 12.9. The molecule has 96 valence electrons. The largest absolute Gasteiger partial charge is 0.497 e. The quantitative estimate of drug-likeness (QED) is 0.748. The van der Waals surface area contributed by atoms with Gasteiger partial charge >= 0.3 is 0 Å². The first kappa shape index (κ1) is 13.6. The molecule has 4 nitrogen and oxygen atoms in total. The van der Waals surface area contributed by atoms with Crippen molar-refractivity contribution in [2.75, 3.05) is 31.3 Å². The summed E-state index contributed by atoms with van der Waals surface area (Å²) in [6.45, 7) is 7.46. The second-order valence-electron chi connectivity index (χ2n) is 4.50. The number of methoxy groups -OCH3 is 1. The number of ether oxygens (including phenoxy) is 2. The molecule has 0 aliphatic heterocycles. The molecule has 0 fully saturated rings. The van der Waals surface area contributed by atoms with Gasteiger partial charge in [0, 0.05) is 19.2 Å². The van der Waals surface area contributed by atoms with Gasteiger partial charge in [-0.15, -0.1) is 0 Å². The molecule has 0 saturated heterocycles. The summed E-state index contributed by atoms with van der Waals surface area (Å²) in [5, 5.41) is 3.28. The van der Waals surface area contributed by atoms with Gasteiger partial charge in [0.25, 0.3) is 0 Å². The second-order valence-corrected chi connectivity index (χ2v) is 4.50. The van der Waals surface area contributed by atoms with Crippen LogP contribution in [0.15, 0.2) is 18.2 Å². The average molecular weight is 238 g/mol. The van der Waals surface area contributed by atoms with E-state index in [2.05, 4.69) is 5.32 Å². The van der Waals surface area contributed by atoms with Crippen molar-refractivity contribution in [2.24, 2.45) is 0 Å². The lowest BCUT2D eigenvalue weighted by Crippen LogP contribution is -2.33. The SMILES string of the molecule is CCOC(C)(C)CNc1cc(OC)ccc1N. The summed E-state index contributed by atoms with van der Waals surface area (Å²) in [4.78, 5) is 0. The van der Waals surface area contributed by atoms with E-state index in [-0.39, 0.29) is 5.60 Å². The van der Waals surface area contributed by atoms with Crippen LogP contribution in [0.2, 0.25) is 0 Å². The van der Waals surface area contributed by atoms with Crippen molar-refractivity contribution < 1.29 is 9.47 Å². The van der Waals surface area contributed by atoms with E-state index < -0.39 is 0 Å². The molecular formula is C13H22N2O2. The van der Waals surface area contributed by atoms with Crippen LogP contribution in [-0.4, -0.2) is 25.9 Å². The molecule has 3 N–H and O–H groups in total. The summed E-state index contributed by atoms with van der Waals surface area (Å²) in [5.41, 5.74) is 7.25. The zero-order valence-corrected chi connectivity index (χ0v) is 11.0. The molecule has 0 spiro atoms. The van der Waals surface area contributed by atoms with E-state index in [1.165, 1.54) is 0 Å². The fraction of sp³-hybridized carbons (Fsp3) is 0.538. The standard InChI is InChI=1S/C13H22N2O2/c1-5-17-13(2,3)9-15-12-8-10(16-4)6-7-11(12)14/h6-8,15H,5,9,14H2,1-4H3. The lowest BCUT2D eigenvalue weighted by Gasteiger charge is -2.26. The third-order valence-corrected chi connectivity index (χ3v) is 2.50. The summed E-state index contributed by atoms with van der Waals surface area (Å²) in [6.07, 6.45) is 0. The van der Waals surface area contributed by atoms with Crippen molar-refractivity contribution in [1.82, 2.24) is 0 Å². The highest BCUT2D eigenvalue weighted by Crippen LogP contribution is 2.25. The van der Waals surface area contributed by atoms with Crippen molar-refractivity contribution >= 4 is 11.4 Å². The minimum atomic E-state index is -0.218. The number of nitrogen functional groups attached to an aromatic ring is 1. The van der Waals surface area contributed by atoms with Gasteiger partial charge in [-0.2, -0.15) is 0 Å². The molecule has 0 aliphatic carbocycles. The van der Waals surface area contributed by atoms with Crippen molar-refractivity contribution in [3.8, 4) is 5.75 Å². The molecule has 4 heteroatoms. The van der Waals surface area contributed by atoms with E-state index in [1.54, 1.807) is 7.11 Å². The Morgan fingerprint density at radius 3 is 2.65 bits per heavy atom. The Balaban J connectivity index is 2.68. The van der Waals surface area contributed by atoms with Gasteiger partial charge in [0.2, 0.25) is 0 Å². The van der Waals surface area contributed by atoms with Crippen molar-refractivity contribution in [3.05, 3.63) is 18.2 Å². The summed E-state index contributed by atoms with van der Waals surface area (Å²) >= 11 is 0. The Morgan fingerprint density at radius 2 is 2.06 bits per heavy atom. The first-order chi connectivity index (χ1) is 7.98. The Bertz CT molecular complexity index is 364. The number of nitrogens with two attached hydrogens (primary N) is 1. The fourth-order valence-corrected chi connectivity index (χ4v) is 1.57. The average Bonchev–Trinajstić information content (AvgIpc) is 2.28. The fourth-order valence-electron chi connectivity index (χ4n) is 1.57. The molecule has 0 unspecified atom stereocenters. The van der Waals surface area contributed by atoms with E-state index >= 15 is 0 Å². The van der Waals surface area contributed by atoms with Gasteiger partial charge in [-0.1, -0.05) is 0 Å². The molecule has 0 aliphatic rings. The maximum absolute atomic E-state index is 5.89. The third-order valence-electron chi connectivity index (χ3n) is 2.50. The molecule has 0 bridgehead atoms. The maximum atomic E-state index is 5.89. The third kappa shape index (κ3) is 4.15. The number of anilines is 2. The van der Waals surface area contributed by atoms with Crippen LogP contribution >= 0.6 is 0 Å². The van der Waals surface area contributed by atoms with Crippen LogP contribution < -0.4 is 15.8 Å². The monoisotopic (exact) mass is 238 g/mol. The van der Waals surface area contributed by atoms with Gasteiger partial charge in [-0.25, -0.2) is 0 Å². The lowest BCUT2D eigenvalue weighted by atomic mass is 10.1. The van der Waals surface area contributed by atoms with Crippen molar-refractivity contribution in [1.29, 1.82) is 0 Å². The van der Waals surface area contributed by atoms with Crippen LogP contribution in [0.3, 0.4) is 0 Å². The molecule has 0 amide bonds. The molecule has 0 aromatic heterocycles. The van der Waals surface area contributed by atoms with Crippen LogP contribution in [0.5, 0.6) is 5.75 Å². The van der Waals surface area contributed by atoms with E-state index in [9.17, 15) is 0 Å². The zero-order valence-electron chi connectivity index (χ0n) is 11.0. The Morgan fingerprint density at radius 1 is 1.35 bits per heavy atom. The summed E-state index contributed by atoms with van der Waals surface area (Å²) in [6, 6.07) is 5.56. The molecule has 1 aromatic rings. The number of benzene rings is 1. The summed E-state index contributed by atoms with van der Waals surface area (Å²) in [7, 11) is 1.64. The predicted molar refractivity (Wildman–Crippen MR) is 71.6 cm³/mol. The molecule has 0 atom stereocenters. The second kappa shape index (κ2) is 5.77. The molecule has 1 rings (SSSR count). The van der Waals surface area contributed by atoms with Gasteiger partial charge in [0.1, 0.15) is 5.75 Å². The highest BCUT2D eigenvalue weighted by atomic mass is 16.5. The topological polar surface area (TPSA) is 56.5 Å². The molecule has 17 heavy (non-hydrogen) atoms. The Kier molecular flexibility index (Phi) is 4.63. The van der Waals surface area contributed by atoms with Crippen LogP contribution in [0, 0.1) is 0 Å². The first-order valence-corrected chi connectivity index (χ1v) is 5.80. The molecule has 0 saturated carbocycles. The molecule has 0 radical (unpaired) electrons. The normalized spacial score (nSPS) is 11.3. The van der Waals surface area contributed by atoms with Crippen molar-refractivity contribution in [2.45, 2.75) is 26.4 Å². The van der Waals surface area contributed by atoms with E-state index in [0.29, 0.717) is 18.8 Å². The maximum Gasteiger partial charge on any atom is 0.121 e. The van der Waals surface area contributed by atoms with E-state index in [1.807, 2.05) is 39.0 Å². The van der Waals surface area contributed by atoms with E-state index in [4.69, 9.17) is 15.2 Å². The Labute approximate surface area is 103 Å². The van der Waals surface area contributed by atoms with Crippen LogP contribution in [0.4, 0.5) is 11.4 Å². The van der Waals surface area contributed by atoms with E-state index in [0.717, 1.165) is 11.4 Å². The van der Waals surface area contributed by atoms with Gasteiger partial charge in [-0.3, -0.25) is 0 Å². The van der Waals surface area contributed by atoms with Gasteiger partial charge in [0.05, 0.1) is 24.1 Å². The van der Waals surface area contributed by atoms with Crippen LogP contribution in [-0.2, 0) is 4.74 Å². The van der Waals surface area contributed by atoms with Crippen molar-refractivity contribution in [3.63, 3.8) is 0 Å². The summed E-state index contributed by atoms with van der Waals surface area (Å²) in [5.74, 6) is 0.788. The molecule has 0 heterocycles. The van der Waals surface area contributed by atoms with Gasteiger partial charge in [-0.05, 0) is 32.9 Å². The highest BCUT2D eigenvalue weighted by molar-refractivity contribution is 5.68. The summed E-state index contributed by atoms with van der Waals surface area (Å²) < 4.78 is 10.8. The highest BCUT2D eigenvalue weighted by Gasteiger charge is 2.17. The predicted octanol–water partition coefficient (Wildman–Crippen LogP) is 2.50. The number of nitrogens with one attached hydrogen (secondary N) is 1. The molecular weight excluding hydrogens is 216 g/mol. The Hall–Kier alpha value is -1.42. The van der Waals surface area contributed by atoms with Gasteiger partial charge < -0.3 is 20.5 Å². The number of rotatable bonds is 6. The minimum Gasteiger partial charge on any atom is -0.497 e. The smallest absolute Gasteiger partial charge is 0.121 e. The number of hydrogen-bond donors (Lipinski definition) is 2. The minimum absolute atomic E-state index is 0.218. The van der Waals surface area contributed by atoms with Crippen LogP contribution in [0.25, 0.3) is 0 Å². The first-order valence-electron chi connectivity index (χ1n) is 5.80. The molecule has 1 aromatic carbocycles. The lowest BCUT2D eigenvalue weighted by molar-refractivity contribution is 0.000707. The number of hydrogen-bond acceptors (Lipinski definition) is 4. The van der Waals surface area contributed by atoms with Crippen LogP contribution in [0.1, 0.15) is 20.8 Å². The van der Waals surface area contributed by atoms with Gasteiger partial charge in [0.15, 0.2) is 0 Å².